The molecule has 0 spiro atoms. The van der Waals surface area contributed by atoms with Gasteiger partial charge in [0.15, 0.2) is 0 Å². The number of hydrogen-bond donors (Lipinski definition) is 1. The van der Waals surface area contributed by atoms with Crippen molar-refractivity contribution in [2.24, 2.45) is 0 Å². The number of cyclic esters (lactones) is 2. The number of nitro groups is 1. The molecule has 1 aliphatic rings. The standard InChI is InChI=1S/C15H14N2O7/c1-8(18)16-11-5-4-9(7-12(11)17(21)22)6-10-13(19)23-15(2,3)24-14(10)20/h4-7H,1-3H3,(H,16,18). The van der Waals surface area contributed by atoms with E-state index >= 15 is 0 Å². The lowest BCUT2D eigenvalue weighted by atomic mass is 10.1. The van der Waals surface area contributed by atoms with Crippen LogP contribution >= 0.6 is 0 Å². The summed E-state index contributed by atoms with van der Waals surface area (Å²) in [6.45, 7) is 4.04. The van der Waals surface area contributed by atoms with Crippen molar-refractivity contribution < 1.29 is 28.8 Å². The molecule has 2 rings (SSSR count). The van der Waals surface area contributed by atoms with Crippen LogP contribution in [0.1, 0.15) is 26.3 Å². The summed E-state index contributed by atoms with van der Waals surface area (Å²) >= 11 is 0. The molecule has 1 fully saturated rings. The van der Waals surface area contributed by atoms with Gasteiger partial charge in [-0.05, 0) is 17.7 Å². The predicted octanol–water partition coefficient (Wildman–Crippen LogP) is 1.77. The van der Waals surface area contributed by atoms with Crippen molar-refractivity contribution in [1.29, 1.82) is 0 Å². The van der Waals surface area contributed by atoms with E-state index in [0.717, 1.165) is 12.1 Å². The van der Waals surface area contributed by atoms with Crippen molar-refractivity contribution in [3.05, 3.63) is 39.4 Å². The SMILES string of the molecule is CC(=O)Nc1ccc(C=C2C(=O)OC(C)(C)OC2=O)cc1[N+](=O)[O-]. The minimum atomic E-state index is -1.37. The Balaban J connectivity index is 2.41. The third-order valence-corrected chi connectivity index (χ3v) is 2.96. The zero-order chi connectivity index (χ0) is 18.1. The molecular weight excluding hydrogens is 320 g/mol. The van der Waals surface area contributed by atoms with E-state index in [1.165, 1.54) is 32.9 Å². The van der Waals surface area contributed by atoms with Gasteiger partial charge in [0.25, 0.3) is 11.5 Å². The number of carbonyl (C=O) groups is 3. The van der Waals surface area contributed by atoms with Crippen molar-refractivity contribution >= 4 is 35.3 Å². The fourth-order valence-electron chi connectivity index (χ4n) is 2.03. The molecule has 1 aliphatic heterocycles. The predicted molar refractivity (Wildman–Crippen MR) is 81.6 cm³/mol. The van der Waals surface area contributed by atoms with Gasteiger partial charge < -0.3 is 14.8 Å². The van der Waals surface area contributed by atoms with E-state index in [9.17, 15) is 24.5 Å². The van der Waals surface area contributed by atoms with Gasteiger partial charge in [-0.15, -0.1) is 0 Å². The first-order chi connectivity index (χ1) is 11.1. The highest BCUT2D eigenvalue weighted by atomic mass is 16.7. The van der Waals surface area contributed by atoms with Crippen molar-refractivity contribution in [3.8, 4) is 0 Å². The fraction of sp³-hybridized carbons (Fsp3) is 0.267. The van der Waals surface area contributed by atoms with Crippen LogP contribution in [0.5, 0.6) is 0 Å². The molecule has 0 aromatic heterocycles. The number of anilines is 1. The van der Waals surface area contributed by atoms with E-state index < -0.39 is 28.6 Å². The summed E-state index contributed by atoms with van der Waals surface area (Å²) in [5.41, 5.74) is -0.544. The quantitative estimate of drug-likeness (QED) is 0.293. The first-order valence-electron chi connectivity index (χ1n) is 6.83. The molecule has 1 saturated heterocycles. The Hall–Kier alpha value is -3.23. The molecule has 0 saturated carbocycles. The van der Waals surface area contributed by atoms with Gasteiger partial charge in [0, 0.05) is 26.8 Å². The minimum Gasteiger partial charge on any atom is -0.419 e. The largest absolute Gasteiger partial charge is 0.419 e. The third kappa shape index (κ3) is 3.75. The van der Waals surface area contributed by atoms with Crippen LogP contribution in [0.25, 0.3) is 6.08 Å². The number of amides is 1. The molecule has 0 bridgehead atoms. The van der Waals surface area contributed by atoms with Gasteiger partial charge in [-0.1, -0.05) is 6.07 Å². The molecule has 126 valence electrons. The highest BCUT2D eigenvalue weighted by Gasteiger charge is 2.38. The number of carbonyl (C=O) groups excluding carboxylic acids is 3. The van der Waals surface area contributed by atoms with Gasteiger partial charge in [-0.25, -0.2) is 9.59 Å². The summed E-state index contributed by atoms with van der Waals surface area (Å²) in [4.78, 5) is 45.2. The summed E-state index contributed by atoms with van der Waals surface area (Å²) in [6.07, 6.45) is 1.13. The number of hydrogen-bond acceptors (Lipinski definition) is 7. The summed E-state index contributed by atoms with van der Waals surface area (Å²) in [5, 5.41) is 13.4. The Bertz CT molecular complexity index is 758. The van der Waals surface area contributed by atoms with Crippen molar-refractivity contribution in [1.82, 2.24) is 0 Å². The van der Waals surface area contributed by atoms with Crippen LogP contribution < -0.4 is 5.32 Å². The average molecular weight is 334 g/mol. The van der Waals surface area contributed by atoms with E-state index in [2.05, 4.69) is 5.32 Å². The zero-order valence-electron chi connectivity index (χ0n) is 13.1. The summed E-state index contributed by atoms with van der Waals surface area (Å²) in [7, 11) is 0. The lowest BCUT2D eigenvalue weighted by Crippen LogP contribution is -2.41. The number of benzene rings is 1. The van der Waals surface area contributed by atoms with Gasteiger partial charge in [-0.2, -0.15) is 0 Å². The van der Waals surface area contributed by atoms with Gasteiger partial charge in [-0.3, -0.25) is 14.9 Å². The molecule has 0 atom stereocenters. The summed E-state index contributed by atoms with van der Waals surface area (Å²) < 4.78 is 9.88. The lowest BCUT2D eigenvalue weighted by Gasteiger charge is -2.29. The average Bonchev–Trinajstić information content (AvgIpc) is 2.42. The van der Waals surface area contributed by atoms with Crippen LogP contribution in [0.2, 0.25) is 0 Å². The Labute approximate surface area is 136 Å². The van der Waals surface area contributed by atoms with Crippen molar-refractivity contribution in [2.75, 3.05) is 5.32 Å². The van der Waals surface area contributed by atoms with Gasteiger partial charge in [0.2, 0.25) is 5.91 Å². The van der Waals surface area contributed by atoms with E-state index in [0.29, 0.717) is 0 Å². The van der Waals surface area contributed by atoms with Gasteiger partial charge in [0.05, 0.1) is 4.92 Å². The number of ether oxygens (including phenoxy) is 2. The molecular formula is C15H14N2O7. The molecule has 1 heterocycles. The highest BCUT2D eigenvalue weighted by Crippen LogP contribution is 2.28. The molecule has 1 N–H and O–H groups in total. The second-order valence-electron chi connectivity index (χ2n) is 5.45. The smallest absolute Gasteiger partial charge is 0.348 e. The molecule has 1 aromatic rings. The van der Waals surface area contributed by atoms with Crippen molar-refractivity contribution in [3.63, 3.8) is 0 Å². The Kier molecular flexibility index (Phi) is 4.36. The third-order valence-electron chi connectivity index (χ3n) is 2.96. The number of rotatable bonds is 3. The van der Waals surface area contributed by atoms with E-state index in [4.69, 9.17) is 9.47 Å². The molecule has 24 heavy (non-hydrogen) atoms. The van der Waals surface area contributed by atoms with Gasteiger partial charge >= 0.3 is 11.9 Å². The van der Waals surface area contributed by atoms with Gasteiger partial charge in [0.1, 0.15) is 11.3 Å². The Morgan fingerprint density at radius 2 is 1.83 bits per heavy atom. The maximum atomic E-state index is 11.9. The van der Waals surface area contributed by atoms with Crippen LogP contribution in [0, 0.1) is 10.1 Å². The van der Waals surface area contributed by atoms with E-state index in [-0.39, 0.29) is 22.5 Å². The molecule has 0 unspecified atom stereocenters. The molecule has 0 aliphatic carbocycles. The molecule has 1 amide bonds. The molecule has 1 aromatic carbocycles. The molecule has 9 nitrogen and oxygen atoms in total. The van der Waals surface area contributed by atoms with Crippen LogP contribution in [-0.2, 0) is 23.9 Å². The highest BCUT2D eigenvalue weighted by molar-refractivity contribution is 6.18. The zero-order valence-corrected chi connectivity index (χ0v) is 13.1. The van der Waals surface area contributed by atoms with E-state index in [1.54, 1.807) is 0 Å². The fourth-order valence-corrected chi connectivity index (χ4v) is 2.03. The molecule has 9 heteroatoms. The topological polar surface area (TPSA) is 125 Å². The normalized spacial score (nSPS) is 16.0. The van der Waals surface area contributed by atoms with Crippen molar-refractivity contribution in [2.45, 2.75) is 26.6 Å². The second-order valence-corrected chi connectivity index (χ2v) is 5.45. The number of nitrogens with one attached hydrogen (secondary N) is 1. The maximum Gasteiger partial charge on any atom is 0.348 e. The second kappa shape index (κ2) is 6.11. The minimum absolute atomic E-state index is 0.00424. The number of esters is 2. The lowest BCUT2D eigenvalue weighted by molar-refractivity contribution is -0.383. The Morgan fingerprint density at radius 1 is 1.25 bits per heavy atom. The summed E-state index contributed by atoms with van der Waals surface area (Å²) in [5.74, 6) is -3.60. The van der Waals surface area contributed by atoms with Crippen LogP contribution in [-0.4, -0.2) is 28.6 Å². The van der Waals surface area contributed by atoms with E-state index in [1.807, 2.05) is 0 Å². The number of nitrogens with zero attached hydrogens (tertiary/aromatic N) is 1. The molecule has 0 radical (unpaired) electrons. The monoisotopic (exact) mass is 334 g/mol. The van der Waals surface area contributed by atoms with Crippen LogP contribution in [0.3, 0.4) is 0 Å². The first-order valence-corrected chi connectivity index (χ1v) is 6.83. The van der Waals surface area contributed by atoms with Crippen LogP contribution in [0.4, 0.5) is 11.4 Å². The first kappa shape index (κ1) is 17.1. The van der Waals surface area contributed by atoms with Crippen LogP contribution in [0.15, 0.2) is 23.8 Å². The maximum absolute atomic E-state index is 11.9. The Morgan fingerprint density at radius 3 is 2.33 bits per heavy atom. The number of nitro benzene ring substituents is 1. The summed E-state index contributed by atoms with van der Waals surface area (Å²) in [6, 6.07) is 3.83.